The lowest BCUT2D eigenvalue weighted by atomic mass is 10.1. The van der Waals surface area contributed by atoms with Crippen LogP contribution in [0.25, 0.3) is 0 Å². The molecule has 3 amide bonds. The van der Waals surface area contributed by atoms with E-state index in [4.69, 9.17) is 4.74 Å². The molecular formula is C27H31N5O3. The highest BCUT2D eigenvalue weighted by atomic mass is 16.5. The van der Waals surface area contributed by atoms with Gasteiger partial charge in [0, 0.05) is 13.6 Å². The topological polar surface area (TPSA) is 95.6 Å². The number of hydrogen-bond acceptors (Lipinski definition) is 5. The van der Waals surface area contributed by atoms with E-state index in [0.717, 1.165) is 12.0 Å². The molecular weight excluding hydrogens is 442 g/mol. The van der Waals surface area contributed by atoms with Gasteiger partial charge in [0.25, 0.3) is 0 Å². The second kappa shape index (κ2) is 11.5. The number of pyridine rings is 1. The lowest BCUT2D eigenvalue weighted by Crippen LogP contribution is -2.53. The number of hydrogen-bond donors (Lipinski definition) is 3. The fourth-order valence-electron chi connectivity index (χ4n) is 3.91. The molecule has 1 aromatic heterocycles. The normalized spacial score (nSPS) is 16.3. The van der Waals surface area contributed by atoms with Gasteiger partial charge in [0.1, 0.15) is 23.7 Å². The van der Waals surface area contributed by atoms with Crippen molar-refractivity contribution in [3.8, 4) is 5.75 Å². The molecule has 1 saturated heterocycles. The predicted molar refractivity (Wildman–Crippen MR) is 135 cm³/mol. The van der Waals surface area contributed by atoms with Crippen LogP contribution < -0.4 is 20.7 Å². The van der Waals surface area contributed by atoms with Crippen molar-refractivity contribution in [2.45, 2.75) is 25.5 Å². The number of carbonyl (C=O) groups is 2. The molecule has 1 fully saturated rings. The number of rotatable bonds is 9. The van der Waals surface area contributed by atoms with Gasteiger partial charge in [-0.1, -0.05) is 60.2 Å². The van der Waals surface area contributed by atoms with Crippen LogP contribution in [0.15, 0.2) is 72.9 Å². The maximum absolute atomic E-state index is 13.2. The molecule has 8 nitrogen and oxygen atoms in total. The Morgan fingerprint density at radius 3 is 2.60 bits per heavy atom. The van der Waals surface area contributed by atoms with Gasteiger partial charge in [0.2, 0.25) is 5.91 Å². The quantitative estimate of drug-likeness (QED) is 0.443. The van der Waals surface area contributed by atoms with Gasteiger partial charge < -0.3 is 25.6 Å². The van der Waals surface area contributed by atoms with Gasteiger partial charge in [0.15, 0.2) is 0 Å². The van der Waals surface area contributed by atoms with Crippen molar-refractivity contribution < 1.29 is 14.3 Å². The Kier molecular flexibility index (Phi) is 7.95. The highest BCUT2D eigenvalue weighted by molar-refractivity contribution is 5.94. The van der Waals surface area contributed by atoms with Crippen LogP contribution in [0, 0.1) is 6.92 Å². The van der Waals surface area contributed by atoms with Crippen LogP contribution in [0.2, 0.25) is 0 Å². The number of carbonyl (C=O) groups excluding carboxylic acids is 2. The maximum atomic E-state index is 13.2. The Balaban J connectivity index is 1.36. The van der Waals surface area contributed by atoms with E-state index in [2.05, 4.69) is 52.1 Å². The highest BCUT2D eigenvalue weighted by Crippen LogP contribution is 2.18. The summed E-state index contributed by atoms with van der Waals surface area (Å²) in [7, 11) is 1.72. The zero-order chi connectivity index (χ0) is 24.6. The van der Waals surface area contributed by atoms with Crippen LogP contribution in [0.1, 0.15) is 22.7 Å². The molecule has 2 aromatic carbocycles. The number of ether oxygens (including phenoxy) is 1. The molecule has 0 aliphatic carbocycles. The standard InChI is InChI=1S/C27H31N5O3/c1-19-8-10-20(11-9-19)14-15-28-25(21-6-4-3-5-7-21)26(33)31-24-13-12-22(16-29-24)35-23-17-30-27(34)32(2)18-23/h3-13,16,23,25,28H,14-15,17-18H2,1-2H3,(H,30,34)(H,29,31,33). The summed E-state index contributed by atoms with van der Waals surface area (Å²) in [5, 5.41) is 9.07. The third kappa shape index (κ3) is 6.80. The van der Waals surface area contributed by atoms with Gasteiger partial charge in [-0.3, -0.25) is 4.79 Å². The van der Waals surface area contributed by atoms with Crippen LogP contribution in [0.5, 0.6) is 5.75 Å². The zero-order valence-electron chi connectivity index (χ0n) is 20.0. The minimum atomic E-state index is -0.513. The first kappa shape index (κ1) is 24.2. The first-order valence-electron chi connectivity index (χ1n) is 11.7. The van der Waals surface area contributed by atoms with Crippen molar-refractivity contribution in [1.29, 1.82) is 0 Å². The number of aromatic nitrogens is 1. The minimum Gasteiger partial charge on any atom is -0.485 e. The molecule has 4 rings (SSSR count). The van der Waals surface area contributed by atoms with E-state index < -0.39 is 6.04 Å². The maximum Gasteiger partial charge on any atom is 0.317 e. The number of anilines is 1. The van der Waals surface area contributed by atoms with Crippen molar-refractivity contribution in [3.05, 3.63) is 89.6 Å². The molecule has 2 heterocycles. The first-order chi connectivity index (χ1) is 17.0. The third-order valence-electron chi connectivity index (χ3n) is 5.87. The Morgan fingerprint density at radius 1 is 1.14 bits per heavy atom. The third-order valence-corrected chi connectivity index (χ3v) is 5.87. The van der Waals surface area contributed by atoms with Crippen LogP contribution in [0.4, 0.5) is 10.6 Å². The van der Waals surface area contributed by atoms with Crippen LogP contribution in [-0.4, -0.2) is 54.6 Å². The van der Waals surface area contributed by atoms with Gasteiger partial charge in [-0.2, -0.15) is 0 Å². The SMILES string of the molecule is Cc1ccc(CCNC(C(=O)Nc2ccc(OC3CNC(=O)N(C)C3)cn2)c2ccccc2)cc1. The molecule has 2 atom stereocenters. The predicted octanol–water partition coefficient (Wildman–Crippen LogP) is 3.30. The summed E-state index contributed by atoms with van der Waals surface area (Å²) in [6, 6.07) is 20.9. The minimum absolute atomic E-state index is 0.110. The van der Waals surface area contributed by atoms with Crippen LogP contribution >= 0.6 is 0 Å². The van der Waals surface area contributed by atoms with E-state index >= 15 is 0 Å². The summed E-state index contributed by atoms with van der Waals surface area (Å²) in [5.41, 5.74) is 3.33. The number of nitrogens with zero attached hydrogens (tertiary/aromatic N) is 2. The van der Waals surface area contributed by atoms with E-state index in [1.807, 2.05) is 30.3 Å². The monoisotopic (exact) mass is 473 g/mol. The molecule has 0 saturated carbocycles. The Labute approximate surface area is 205 Å². The summed E-state index contributed by atoms with van der Waals surface area (Å²) >= 11 is 0. The number of likely N-dealkylation sites (N-methyl/N-ethyl adjacent to an activating group) is 1. The van der Waals surface area contributed by atoms with E-state index in [9.17, 15) is 9.59 Å². The van der Waals surface area contributed by atoms with Crippen LogP contribution in [-0.2, 0) is 11.2 Å². The van der Waals surface area contributed by atoms with Gasteiger partial charge in [0.05, 0.1) is 19.3 Å². The molecule has 0 spiro atoms. The van der Waals surface area contributed by atoms with Crippen molar-refractivity contribution in [2.24, 2.45) is 0 Å². The summed E-state index contributed by atoms with van der Waals surface area (Å²) < 4.78 is 5.91. The Bertz CT molecular complexity index is 1120. The summed E-state index contributed by atoms with van der Waals surface area (Å²) in [6.07, 6.45) is 2.23. The molecule has 3 aromatic rings. The van der Waals surface area contributed by atoms with Crippen molar-refractivity contribution >= 4 is 17.8 Å². The number of aryl methyl sites for hydroxylation is 1. The van der Waals surface area contributed by atoms with Gasteiger partial charge in [-0.15, -0.1) is 0 Å². The number of nitrogens with one attached hydrogen (secondary N) is 3. The van der Waals surface area contributed by atoms with E-state index in [-0.39, 0.29) is 18.0 Å². The summed E-state index contributed by atoms with van der Waals surface area (Å²) in [6.45, 7) is 3.66. The molecule has 1 aliphatic rings. The zero-order valence-corrected chi connectivity index (χ0v) is 20.0. The van der Waals surface area contributed by atoms with Crippen molar-refractivity contribution in [2.75, 3.05) is 32.0 Å². The highest BCUT2D eigenvalue weighted by Gasteiger charge is 2.24. The Hall–Kier alpha value is -3.91. The number of urea groups is 1. The molecule has 0 bridgehead atoms. The van der Waals surface area contributed by atoms with Crippen molar-refractivity contribution in [1.82, 2.24) is 20.5 Å². The van der Waals surface area contributed by atoms with E-state index in [0.29, 0.717) is 31.2 Å². The second-order valence-electron chi connectivity index (χ2n) is 8.71. The van der Waals surface area contributed by atoms with Gasteiger partial charge in [-0.05, 0) is 36.6 Å². The first-order valence-corrected chi connectivity index (χ1v) is 11.7. The average Bonchev–Trinajstić information content (AvgIpc) is 2.87. The van der Waals surface area contributed by atoms with Gasteiger partial charge >= 0.3 is 6.03 Å². The largest absolute Gasteiger partial charge is 0.485 e. The average molecular weight is 474 g/mol. The number of benzene rings is 2. The summed E-state index contributed by atoms with van der Waals surface area (Å²) in [4.78, 5) is 30.6. The van der Waals surface area contributed by atoms with E-state index in [1.165, 1.54) is 11.1 Å². The molecule has 2 unspecified atom stereocenters. The molecule has 182 valence electrons. The molecule has 8 heteroatoms. The fourth-order valence-corrected chi connectivity index (χ4v) is 3.91. The Morgan fingerprint density at radius 2 is 1.91 bits per heavy atom. The molecule has 35 heavy (non-hydrogen) atoms. The smallest absolute Gasteiger partial charge is 0.317 e. The van der Waals surface area contributed by atoms with Crippen LogP contribution in [0.3, 0.4) is 0 Å². The fraction of sp³-hybridized carbons (Fsp3) is 0.296. The van der Waals surface area contributed by atoms with Gasteiger partial charge in [-0.25, -0.2) is 9.78 Å². The molecule has 3 N–H and O–H groups in total. The summed E-state index contributed by atoms with van der Waals surface area (Å²) in [5.74, 6) is 0.837. The lowest BCUT2D eigenvalue weighted by Gasteiger charge is -2.30. The van der Waals surface area contributed by atoms with Crippen molar-refractivity contribution in [3.63, 3.8) is 0 Å². The second-order valence-corrected chi connectivity index (χ2v) is 8.71. The van der Waals surface area contributed by atoms with E-state index in [1.54, 1.807) is 30.3 Å². The molecule has 0 radical (unpaired) electrons. The number of amides is 3. The lowest BCUT2D eigenvalue weighted by molar-refractivity contribution is -0.118. The molecule has 1 aliphatic heterocycles.